The summed E-state index contributed by atoms with van der Waals surface area (Å²) < 4.78 is 28.0. The van der Waals surface area contributed by atoms with Crippen LogP contribution in [0.1, 0.15) is 60.0 Å². The zero-order valence-electron chi connectivity index (χ0n) is 21.8. The minimum absolute atomic E-state index is 0.0605. The van der Waals surface area contributed by atoms with Crippen molar-refractivity contribution < 1.29 is 23.2 Å². The number of carbonyl (C=O) groups is 3. The van der Waals surface area contributed by atoms with Crippen molar-refractivity contribution in [2.45, 2.75) is 57.0 Å². The number of nitrogens with one attached hydrogen (secondary N) is 1. The summed E-state index contributed by atoms with van der Waals surface area (Å²) in [5, 5.41) is 2.94. The lowest BCUT2D eigenvalue weighted by atomic mass is 9.77. The molecule has 0 saturated carbocycles. The molecule has 2 aromatic rings. The number of ketones is 1. The van der Waals surface area contributed by atoms with Crippen molar-refractivity contribution in [3.05, 3.63) is 64.7 Å². The molecule has 3 amide bonds. The Morgan fingerprint density at radius 3 is 2.58 bits per heavy atom. The van der Waals surface area contributed by atoms with E-state index < -0.39 is 5.82 Å². The van der Waals surface area contributed by atoms with Crippen molar-refractivity contribution in [1.29, 1.82) is 0 Å². The minimum Gasteiger partial charge on any atom is -0.368 e. The van der Waals surface area contributed by atoms with E-state index in [4.69, 9.17) is 0 Å². The van der Waals surface area contributed by atoms with Crippen LogP contribution >= 0.6 is 0 Å². The molecule has 0 unspecified atom stereocenters. The number of hydrogen-bond donors (Lipinski definition) is 1. The molecule has 3 heterocycles. The average Bonchev–Trinajstić information content (AvgIpc) is 3.32. The van der Waals surface area contributed by atoms with Gasteiger partial charge in [-0.25, -0.2) is 13.6 Å². The van der Waals surface area contributed by atoms with Crippen molar-refractivity contribution in [3.63, 3.8) is 0 Å². The second kappa shape index (κ2) is 10.7. The maximum absolute atomic E-state index is 14.4. The number of Topliss-reactive ketones (excluding diaryl/α,β-unsaturated/α-hetero) is 1. The molecular weight excluding hydrogens is 490 g/mol. The molecule has 0 aliphatic carbocycles. The van der Waals surface area contributed by atoms with Gasteiger partial charge in [-0.3, -0.25) is 9.59 Å². The Morgan fingerprint density at radius 2 is 1.84 bits per heavy atom. The van der Waals surface area contributed by atoms with Gasteiger partial charge in [0.1, 0.15) is 11.6 Å². The van der Waals surface area contributed by atoms with Crippen LogP contribution in [0, 0.1) is 11.6 Å². The molecule has 202 valence electrons. The molecule has 5 rings (SSSR count). The van der Waals surface area contributed by atoms with Crippen LogP contribution in [0.15, 0.2) is 36.4 Å². The number of rotatable bonds is 6. The van der Waals surface area contributed by atoms with Gasteiger partial charge >= 0.3 is 6.03 Å². The van der Waals surface area contributed by atoms with E-state index in [-0.39, 0.29) is 35.6 Å². The van der Waals surface area contributed by atoms with Crippen molar-refractivity contribution in [2.24, 2.45) is 0 Å². The van der Waals surface area contributed by atoms with E-state index in [0.29, 0.717) is 69.3 Å². The molecule has 0 bridgehead atoms. The van der Waals surface area contributed by atoms with Gasteiger partial charge in [-0.05, 0) is 67.5 Å². The monoisotopic (exact) mass is 524 g/mol. The first-order chi connectivity index (χ1) is 18.3. The van der Waals surface area contributed by atoms with E-state index >= 15 is 0 Å². The molecule has 9 heteroatoms. The highest BCUT2D eigenvalue weighted by Crippen LogP contribution is 2.42. The molecule has 2 saturated heterocycles. The van der Waals surface area contributed by atoms with Crippen LogP contribution in [0.5, 0.6) is 0 Å². The van der Waals surface area contributed by atoms with Gasteiger partial charge < -0.3 is 20.0 Å². The number of anilines is 1. The maximum atomic E-state index is 14.4. The number of likely N-dealkylation sites (tertiary alicyclic amines) is 2. The number of fused-ring (bicyclic) bond motifs is 1. The third-order valence-corrected chi connectivity index (χ3v) is 8.40. The molecule has 1 spiro atoms. The van der Waals surface area contributed by atoms with E-state index in [0.717, 1.165) is 24.2 Å². The van der Waals surface area contributed by atoms with E-state index in [1.54, 1.807) is 23.1 Å². The second-order valence-electron chi connectivity index (χ2n) is 10.7. The summed E-state index contributed by atoms with van der Waals surface area (Å²) in [7, 11) is 1.94. The summed E-state index contributed by atoms with van der Waals surface area (Å²) in [6.45, 7) is 2.72. The summed E-state index contributed by atoms with van der Waals surface area (Å²) >= 11 is 0. The van der Waals surface area contributed by atoms with Gasteiger partial charge in [0.05, 0.1) is 5.54 Å². The van der Waals surface area contributed by atoms with E-state index in [2.05, 4.69) is 10.2 Å². The lowest BCUT2D eigenvalue weighted by molar-refractivity contribution is -0.127. The van der Waals surface area contributed by atoms with Crippen LogP contribution in [-0.4, -0.2) is 66.3 Å². The molecule has 38 heavy (non-hydrogen) atoms. The summed E-state index contributed by atoms with van der Waals surface area (Å²) in [6, 6.07) is 9.05. The van der Waals surface area contributed by atoms with Gasteiger partial charge in [0.25, 0.3) is 0 Å². The Morgan fingerprint density at radius 1 is 1.05 bits per heavy atom. The fourth-order valence-corrected chi connectivity index (χ4v) is 6.05. The van der Waals surface area contributed by atoms with Crippen LogP contribution in [0.4, 0.5) is 19.3 Å². The van der Waals surface area contributed by atoms with Crippen molar-refractivity contribution >= 4 is 23.4 Å². The van der Waals surface area contributed by atoms with E-state index in [1.807, 2.05) is 11.9 Å². The number of carbonyl (C=O) groups excluding carboxylic acids is 3. The number of amides is 3. The highest BCUT2D eigenvalue weighted by atomic mass is 19.1. The highest BCUT2D eigenvalue weighted by Gasteiger charge is 2.45. The fourth-order valence-electron chi connectivity index (χ4n) is 6.05. The third-order valence-electron chi connectivity index (χ3n) is 8.40. The predicted octanol–water partition coefficient (Wildman–Crippen LogP) is 4.29. The van der Waals surface area contributed by atoms with Gasteiger partial charge in [-0.15, -0.1) is 0 Å². The fraction of sp³-hybridized carbons (Fsp3) is 0.483. The second-order valence-corrected chi connectivity index (χ2v) is 10.7. The van der Waals surface area contributed by atoms with E-state index in [9.17, 15) is 23.2 Å². The number of hydrogen-bond acceptors (Lipinski definition) is 4. The first kappa shape index (κ1) is 26.1. The molecule has 1 N–H and O–H groups in total. The van der Waals surface area contributed by atoms with Gasteiger partial charge in [-0.2, -0.15) is 0 Å². The standard InChI is InChI=1S/C29H34F2N4O3/c1-33-25-9-7-22(30)17-23(25)26(36)18-29(33)10-14-35(15-11-29)28(38)32-19-20-6-8-24(31)21(16-20)4-2-12-34-13-3-5-27(34)37/h6-9,16-17H,2-5,10-15,18-19H2,1H3,(H,32,38). The summed E-state index contributed by atoms with van der Waals surface area (Å²) in [4.78, 5) is 43.2. The maximum Gasteiger partial charge on any atom is 0.317 e. The SMILES string of the molecule is CN1c2ccc(F)cc2C(=O)CC12CCN(C(=O)NCc1ccc(F)c(CCCN3CCCC3=O)c1)CC2. The number of benzene rings is 2. The van der Waals surface area contributed by atoms with E-state index in [1.165, 1.54) is 18.2 Å². The third kappa shape index (κ3) is 5.24. The molecule has 2 fully saturated rings. The molecule has 7 nitrogen and oxygen atoms in total. The largest absolute Gasteiger partial charge is 0.368 e. The molecule has 3 aliphatic rings. The van der Waals surface area contributed by atoms with Crippen molar-refractivity contribution in [2.75, 3.05) is 38.1 Å². The lowest BCUT2D eigenvalue weighted by Crippen LogP contribution is -2.59. The molecular formula is C29H34F2N4O3. The Bertz CT molecular complexity index is 1240. The topological polar surface area (TPSA) is 73.0 Å². The molecule has 0 radical (unpaired) electrons. The first-order valence-corrected chi connectivity index (χ1v) is 13.4. The minimum atomic E-state index is -0.417. The first-order valence-electron chi connectivity index (χ1n) is 13.4. The van der Waals surface area contributed by atoms with Crippen LogP contribution in [0.25, 0.3) is 0 Å². The van der Waals surface area contributed by atoms with Crippen LogP contribution in [-0.2, 0) is 17.8 Å². The number of halogens is 2. The Kier molecular flexibility index (Phi) is 7.36. The number of piperidine rings is 1. The number of urea groups is 1. The molecule has 0 atom stereocenters. The smallest absolute Gasteiger partial charge is 0.317 e. The quantitative estimate of drug-likeness (QED) is 0.612. The predicted molar refractivity (Wildman–Crippen MR) is 140 cm³/mol. The number of nitrogens with zero attached hydrogens (tertiary/aromatic N) is 3. The molecule has 2 aromatic carbocycles. The van der Waals surface area contributed by atoms with Gasteiger partial charge in [0, 0.05) is 63.9 Å². The highest BCUT2D eigenvalue weighted by molar-refractivity contribution is 6.04. The zero-order valence-corrected chi connectivity index (χ0v) is 21.8. The van der Waals surface area contributed by atoms with Gasteiger partial charge in [0.15, 0.2) is 5.78 Å². The normalized spacial score (nSPS) is 18.8. The van der Waals surface area contributed by atoms with Crippen LogP contribution < -0.4 is 10.2 Å². The van der Waals surface area contributed by atoms with Gasteiger partial charge in [0.2, 0.25) is 5.91 Å². The summed E-state index contributed by atoms with van der Waals surface area (Å²) in [5.74, 6) is -0.577. The molecule has 0 aromatic heterocycles. The zero-order chi connectivity index (χ0) is 26.9. The van der Waals surface area contributed by atoms with Crippen LogP contribution in [0.2, 0.25) is 0 Å². The lowest BCUT2D eigenvalue weighted by Gasteiger charge is -2.50. The van der Waals surface area contributed by atoms with Gasteiger partial charge in [-0.1, -0.05) is 12.1 Å². The van der Waals surface area contributed by atoms with Crippen LogP contribution in [0.3, 0.4) is 0 Å². The average molecular weight is 525 g/mol. The Labute approximate surface area is 221 Å². The summed E-state index contributed by atoms with van der Waals surface area (Å²) in [5.41, 5.74) is 2.18. The van der Waals surface area contributed by atoms with Crippen molar-refractivity contribution in [1.82, 2.24) is 15.1 Å². The molecule has 3 aliphatic heterocycles. The number of aryl methyl sites for hydroxylation is 1. The Hall–Kier alpha value is -3.49. The Balaban J connectivity index is 1.13. The summed E-state index contributed by atoms with van der Waals surface area (Å²) in [6.07, 6.45) is 4.31. The van der Waals surface area contributed by atoms with Crippen molar-refractivity contribution in [3.8, 4) is 0 Å².